The van der Waals surface area contributed by atoms with Crippen LogP contribution in [0.1, 0.15) is 31.4 Å². The highest BCUT2D eigenvalue weighted by Gasteiger charge is 2.26. The Morgan fingerprint density at radius 1 is 1.38 bits per heavy atom. The van der Waals surface area contributed by atoms with Crippen LogP contribution in [0.25, 0.3) is 0 Å². The zero-order valence-corrected chi connectivity index (χ0v) is 13.4. The lowest BCUT2D eigenvalue weighted by atomic mass is 9.99. The van der Waals surface area contributed by atoms with Gasteiger partial charge in [-0.15, -0.1) is 0 Å². The third kappa shape index (κ3) is 4.43. The van der Waals surface area contributed by atoms with Gasteiger partial charge < -0.3 is 5.11 Å². The fraction of sp³-hybridized carbons (Fsp3) is 0.562. The number of halogens is 1. The fourth-order valence-electron chi connectivity index (χ4n) is 3.01. The highest BCUT2D eigenvalue weighted by Crippen LogP contribution is 2.26. The Morgan fingerprint density at radius 3 is 2.48 bits per heavy atom. The van der Waals surface area contributed by atoms with Gasteiger partial charge in [0.1, 0.15) is 0 Å². The maximum Gasteiger partial charge on any atom is 0.317 e. The van der Waals surface area contributed by atoms with Crippen LogP contribution in [0, 0.1) is 0 Å². The highest BCUT2D eigenvalue weighted by atomic mass is 35.5. The van der Waals surface area contributed by atoms with Crippen molar-refractivity contribution in [2.45, 2.75) is 31.8 Å². The number of carboxylic acids is 1. The van der Waals surface area contributed by atoms with E-state index in [0.717, 1.165) is 31.0 Å². The number of likely N-dealkylation sites (tertiary alicyclic amines) is 1. The van der Waals surface area contributed by atoms with Crippen LogP contribution in [0.5, 0.6) is 0 Å². The van der Waals surface area contributed by atoms with Crippen molar-refractivity contribution in [3.8, 4) is 0 Å². The lowest BCUT2D eigenvalue weighted by Crippen LogP contribution is -2.45. The van der Waals surface area contributed by atoms with E-state index < -0.39 is 5.97 Å². The average Bonchev–Trinajstić information content (AvgIpc) is 2.47. The quantitative estimate of drug-likeness (QED) is 0.908. The van der Waals surface area contributed by atoms with Crippen molar-refractivity contribution in [2.75, 3.05) is 26.7 Å². The summed E-state index contributed by atoms with van der Waals surface area (Å²) in [5, 5.41) is 9.63. The zero-order chi connectivity index (χ0) is 15.4. The Labute approximate surface area is 131 Å². The number of hydrogen-bond acceptors (Lipinski definition) is 3. The molecule has 1 aromatic rings. The molecule has 0 bridgehead atoms. The monoisotopic (exact) mass is 310 g/mol. The molecule has 1 aliphatic rings. The molecule has 1 heterocycles. The minimum Gasteiger partial charge on any atom is -0.480 e. The van der Waals surface area contributed by atoms with Gasteiger partial charge in [-0.3, -0.25) is 14.6 Å². The molecule has 1 N–H and O–H groups in total. The van der Waals surface area contributed by atoms with Crippen LogP contribution in [0.4, 0.5) is 0 Å². The first kappa shape index (κ1) is 16.3. The van der Waals surface area contributed by atoms with Gasteiger partial charge in [-0.1, -0.05) is 23.7 Å². The van der Waals surface area contributed by atoms with Crippen molar-refractivity contribution in [1.29, 1.82) is 0 Å². The minimum atomic E-state index is -0.755. The Kier molecular flexibility index (Phi) is 5.62. The van der Waals surface area contributed by atoms with E-state index in [4.69, 9.17) is 16.7 Å². The first-order chi connectivity index (χ1) is 9.97. The van der Waals surface area contributed by atoms with Crippen molar-refractivity contribution in [2.24, 2.45) is 0 Å². The Morgan fingerprint density at radius 2 is 1.95 bits per heavy atom. The van der Waals surface area contributed by atoms with Crippen molar-refractivity contribution < 1.29 is 9.90 Å². The lowest BCUT2D eigenvalue weighted by molar-refractivity contribution is -0.138. The van der Waals surface area contributed by atoms with Crippen LogP contribution in [0.3, 0.4) is 0 Å². The number of carbonyl (C=O) groups is 1. The van der Waals surface area contributed by atoms with Crippen molar-refractivity contribution in [3.63, 3.8) is 0 Å². The summed E-state index contributed by atoms with van der Waals surface area (Å²) < 4.78 is 0. The number of rotatable bonds is 5. The van der Waals surface area contributed by atoms with Gasteiger partial charge in [0.25, 0.3) is 0 Å². The number of nitrogens with zero attached hydrogens (tertiary/aromatic N) is 2. The van der Waals surface area contributed by atoms with Crippen LogP contribution in [-0.4, -0.2) is 53.6 Å². The molecular weight excluding hydrogens is 288 g/mol. The second kappa shape index (κ2) is 7.25. The number of carboxylic acid groups (broad SMARTS) is 1. The molecule has 1 unspecified atom stereocenters. The van der Waals surface area contributed by atoms with Gasteiger partial charge in [-0.2, -0.15) is 0 Å². The molecule has 4 nitrogen and oxygen atoms in total. The fourth-order valence-corrected chi connectivity index (χ4v) is 3.13. The summed E-state index contributed by atoms with van der Waals surface area (Å²) in [6, 6.07) is 8.76. The topological polar surface area (TPSA) is 43.8 Å². The smallest absolute Gasteiger partial charge is 0.317 e. The average molecular weight is 311 g/mol. The number of hydrogen-bond donors (Lipinski definition) is 1. The SMILES string of the molecule is CC(c1ccc(Cl)cc1)N1CCC(N(C)CC(=O)O)CC1. The molecule has 1 atom stereocenters. The lowest BCUT2D eigenvalue weighted by Gasteiger charge is -2.39. The number of aliphatic carboxylic acids is 1. The predicted octanol–water partition coefficient (Wildman–Crippen LogP) is 2.88. The van der Waals surface area contributed by atoms with Gasteiger partial charge in [0, 0.05) is 30.2 Å². The third-order valence-electron chi connectivity index (χ3n) is 4.41. The van der Waals surface area contributed by atoms with E-state index in [1.165, 1.54) is 5.56 Å². The van der Waals surface area contributed by atoms with Crippen molar-refractivity contribution in [1.82, 2.24) is 9.80 Å². The van der Waals surface area contributed by atoms with Gasteiger partial charge >= 0.3 is 5.97 Å². The van der Waals surface area contributed by atoms with Crippen LogP contribution < -0.4 is 0 Å². The molecule has 116 valence electrons. The van der Waals surface area contributed by atoms with Gasteiger partial charge in [-0.25, -0.2) is 0 Å². The number of piperidine rings is 1. The Bertz CT molecular complexity index is 470. The largest absolute Gasteiger partial charge is 0.480 e. The number of benzene rings is 1. The molecule has 1 aliphatic heterocycles. The molecule has 1 saturated heterocycles. The zero-order valence-electron chi connectivity index (χ0n) is 12.6. The van der Waals surface area contributed by atoms with E-state index in [1.54, 1.807) is 0 Å². The summed E-state index contributed by atoms with van der Waals surface area (Å²) in [5.74, 6) is -0.755. The molecule has 21 heavy (non-hydrogen) atoms. The van der Waals surface area contributed by atoms with Gasteiger partial charge in [0.15, 0.2) is 0 Å². The second-order valence-corrected chi connectivity index (χ2v) is 6.24. The van der Waals surface area contributed by atoms with Crippen molar-refractivity contribution in [3.05, 3.63) is 34.9 Å². The maximum absolute atomic E-state index is 10.8. The predicted molar refractivity (Wildman–Crippen MR) is 84.7 cm³/mol. The van der Waals surface area contributed by atoms with E-state index in [2.05, 4.69) is 24.0 Å². The second-order valence-electron chi connectivity index (χ2n) is 5.80. The normalized spacial score (nSPS) is 18.9. The van der Waals surface area contributed by atoms with E-state index in [1.807, 2.05) is 24.1 Å². The Hall–Kier alpha value is -1.10. The first-order valence-corrected chi connectivity index (χ1v) is 7.76. The minimum absolute atomic E-state index is 0.122. The van der Waals surface area contributed by atoms with Crippen LogP contribution in [-0.2, 0) is 4.79 Å². The molecule has 2 rings (SSSR count). The van der Waals surface area contributed by atoms with Crippen molar-refractivity contribution >= 4 is 17.6 Å². The van der Waals surface area contributed by atoms with E-state index in [-0.39, 0.29) is 6.54 Å². The van der Waals surface area contributed by atoms with Crippen LogP contribution in [0.15, 0.2) is 24.3 Å². The molecule has 1 fully saturated rings. The van der Waals surface area contributed by atoms with Crippen LogP contribution in [0.2, 0.25) is 5.02 Å². The molecule has 0 spiro atoms. The van der Waals surface area contributed by atoms with E-state index >= 15 is 0 Å². The molecule has 0 radical (unpaired) electrons. The summed E-state index contributed by atoms with van der Waals surface area (Å²) in [7, 11) is 1.90. The molecule has 0 aromatic heterocycles. The summed E-state index contributed by atoms with van der Waals surface area (Å²) in [5.41, 5.74) is 1.27. The van der Waals surface area contributed by atoms with E-state index in [9.17, 15) is 4.79 Å². The van der Waals surface area contributed by atoms with Gasteiger partial charge in [0.2, 0.25) is 0 Å². The van der Waals surface area contributed by atoms with Gasteiger partial charge in [0.05, 0.1) is 6.54 Å². The summed E-state index contributed by atoms with van der Waals surface area (Å²) >= 11 is 5.93. The maximum atomic E-state index is 10.8. The number of likely N-dealkylation sites (N-methyl/N-ethyl adjacent to an activating group) is 1. The summed E-state index contributed by atoms with van der Waals surface area (Å²) in [4.78, 5) is 15.2. The Balaban J connectivity index is 1.88. The molecule has 0 aliphatic carbocycles. The standard InChI is InChI=1S/C16H23ClN2O2/c1-12(13-3-5-14(17)6-4-13)19-9-7-15(8-10-19)18(2)11-16(20)21/h3-6,12,15H,7-11H2,1-2H3,(H,20,21). The summed E-state index contributed by atoms with van der Waals surface area (Å²) in [6.45, 7) is 4.33. The molecule has 0 saturated carbocycles. The van der Waals surface area contributed by atoms with E-state index in [0.29, 0.717) is 12.1 Å². The van der Waals surface area contributed by atoms with Crippen LogP contribution >= 0.6 is 11.6 Å². The highest BCUT2D eigenvalue weighted by molar-refractivity contribution is 6.30. The molecule has 1 aromatic carbocycles. The molecule has 0 amide bonds. The first-order valence-electron chi connectivity index (χ1n) is 7.39. The third-order valence-corrected chi connectivity index (χ3v) is 4.66. The summed E-state index contributed by atoms with van der Waals surface area (Å²) in [6.07, 6.45) is 2.03. The molecule has 5 heteroatoms. The molecular formula is C16H23ClN2O2. The van der Waals surface area contributed by atoms with Gasteiger partial charge in [-0.05, 0) is 44.5 Å².